The van der Waals surface area contributed by atoms with Gasteiger partial charge in [-0.15, -0.1) is 0 Å². The lowest BCUT2D eigenvalue weighted by Gasteiger charge is -2.19. The molecule has 1 atom stereocenters. The Kier molecular flexibility index (Phi) is 4.96. The van der Waals surface area contributed by atoms with Crippen molar-refractivity contribution < 1.29 is 9.53 Å². The lowest BCUT2D eigenvalue weighted by molar-refractivity contribution is -0.143. The number of ether oxygens (including phenoxy) is 1. The van der Waals surface area contributed by atoms with Gasteiger partial charge in [0.2, 0.25) is 0 Å². The SMILES string of the molecule is CCCNC(CC(=O)OCC)c1cncn1C1CC1. The van der Waals surface area contributed by atoms with Crippen LogP contribution >= 0.6 is 0 Å². The Bertz CT molecular complexity index is 413. The third-order valence-corrected chi connectivity index (χ3v) is 3.31. The molecule has 1 saturated carbocycles. The molecule has 1 N–H and O–H groups in total. The van der Waals surface area contributed by atoms with Crippen LogP contribution < -0.4 is 5.32 Å². The average molecular weight is 265 g/mol. The molecule has 1 aromatic rings. The number of carbonyl (C=O) groups is 1. The smallest absolute Gasteiger partial charge is 0.307 e. The van der Waals surface area contributed by atoms with Crippen LogP contribution in [0.3, 0.4) is 0 Å². The van der Waals surface area contributed by atoms with E-state index in [1.807, 2.05) is 19.4 Å². The molecule has 1 heterocycles. The van der Waals surface area contributed by atoms with Crippen molar-refractivity contribution in [2.24, 2.45) is 0 Å². The molecule has 1 fully saturated rings. The lowest BCUT2D eigenvalue weighted by atomic mass is 10.1. The van der Waals surface area contributed by atoms with Gasteiger partial charge in [0.05, 0.1) is 31.1 Å². The predicted molar refractivity (Wildman–Crippen MR) is 72.8 cm³/mol. The Labute approximate surface area is 114 Å². The molecule has 0 bridgehead atoms. The zero-order valence-electron chi connectivity index (χ0n) is 11.8. The van der Waals surface area contributed by atoms with Gasteiger partial charge in [-0.1, -0.05) is 6.92 Å². The van der Waals surface area contributed by atoms with E-state index in [2.05, 4.69) is 21.8 Å². The number of aromatic nitrogens is 2. The van der Waals surface area contributed by atoms with Crippen molar-refractivity contribution >= 4 is 5.97 Å². The van der Waals surface area contributed by atoms with Gasteiger partial charge in [-0.3, -0.25) is 4.79 Å². The second-order valence-electron chi connectivity index (χ2n) is 4.97. The minimum atomic E-state index is -0.153. The Morgan fingerprint density at radius 2 is 2.37 bits per heavy atom. The number of carbonyl (C=O) groups excluding carboxylic acids is 1. The molecule has 1 aliphatic carbocycles. The van der Waals surface area contributed by atoms with Gasteiger partial charge in [0.25, 0.3) is 0 Å². The maximum atomic E-state index is 11.7. The fourth-order valence-corrected chi connectivity index (χ4v) is 2.23. The van der Waals surface area contributed by atoms with Crippen molar-refractivity contribution in [1.29, 1.82) is 0 Å². The summed E-state index contributed by atoms with van der Waals surface area (Å²) in [7, 11) is 0. The normalized spacial score (nSPS) is 16.3. The van der Waals surface area contributed by atoms with Gasteiger partial charge in [0.1, 0.15) is 0 Å². The molecule has 0 spiro atoms. The van der Waals surface area contributed by atoms with Gasteiger partial charge in [-0.25, -0.2) is 4.98 Å². The Morgan fingerprint density at radius 3 is 3.00 bits per heavy atom. The highest BCUT2D eigenvalue weighted by atomic mass is 16.5. The summed E-state index contributed by atoms with van der Waals surface area (Å²) in [5.41, 5.74) is 1.10. The molecule has 1 aliphatic rings. The lowest BCUT2D eigenvalue weighted by Crippen LogP contribution is -2.27. The number of esters is 1. The van der Waals surface area contributed by atoms with E-state index in [1.165, 1.54) is 12.8 Å². The fraction of sp³-hybridized carbons (Fsp3) is 0.714. The van der Waals surface area contributed by atoms with Gasteiger partial charge in [-0.2, -0.15) is 0 Å². The number of nitrogens with one attached hydrogen (secondary N) is 1. The van der Waals surface area contributed by atoms with Crippen LogP contribution in [0, 0.1) is 0 Å². The van der Waals surface area contributed by atoms with Crippen molar-refractivity contribution in [2.45, 2.75) is 51.6 Å². The summed E-state index contributed by atoms with van der Waals surface area (Å²) in [5, 5.41) is 3.42. The summed E-state index contributed by atoms with van der Waals surface area (Å²) in [6.45, 7) is 5.27. The van der Waals surface area contributed by atoms with Crippen molar-refractivity contribution in [3.05, 3.63) is 18.2 Å². The third kappa shape index (κ3) is 3.80. The van der Waals surface area contributed by atoms with E-state index in [0.29, 0.717) is 19.1 Å². The first kappa shape index (κ1) is 14.1. The summed E-state index contributed by atoms with van der Waals surface area (Å²) >= 11 is 0. The first-order valence-electron chi connectivity index (χ1n) is 7.17. The summed E-state index contributed by atoms with van der Waals surface area (Å²) in [4.78, 5) is 16.0. The third-order valence-electron chi connectivity index (χ3n) is 3.31. The van der Waals surface area contributed by atoms with Crippen LogP contribution in [0.15, 0.2) is 12.5 Å². The Balaban J connectivity index is 2.06. The molecular formula is C14H23N3O2. The van der Waals surface area contributed by atoms with Crippen molar-refractivity contribution in [2.75, 3.05) is 13.2 Å². The minimum Gasteiger partial charge on any atom is -0.466 e. The van der Waals surface area contributed by atoms with Crippen molar-refractivity contribution in [3.8, 4) is 0 Å². The quantitative estimate of drug-likeness (QED) is 0.732. The van der Waals surface area contributed by atoms with E-state index in [0.717, 1.165) is 18.7 Å². The van der Waals surface area contributed by atoms with Gasteiger partial charge in [0.15, 0.2) is 0 Å². The molecule has 0 radical (unpaired) electrons. The van der Waals surface area contributed by atoms with Crippen LogP contribution in [0.4, 0.5) is 0 Å². The molecule has 1 aromatic heterocycles. The topological polar surface area (TPSA) is 56.1 Å². The summed E-state index contributed by atoms with van der Waals surface area (Å²) < 4.78 is 7.26. The molecule has 0 aromatic carbocycles. The second kappa shape index (κ2) is 6.70. The highest BCUT2D eigenvalue weighted by Gasteiger charge is 2.28. The molecule has 0 saturated heterocycles. The summed E-state index contributed by atoms with van der Waals surface area (Å²) in [5.74, 6) is -0.153. The number of rotatable bonds is 8. The predicted octanol–water partition coefficient (Wildman–Crippen LogP) is 2.21. The zero-order valence-corrected chi connectivity index (χ0v) is 11.8. The van der Waals surface area contributed by atoms with Crippen LogP contribution in [0.25, 0.3) is 0 Å². The van der Waals surface area contributed by atoms with E-state index in [9.17, 15) is 4.79 Å². The minimum absolute atomic E-state index is 0.00194. The second-order valence-corrected chi connectivity index (χ2v) is 4.97. The maximum absolute atomic E-state index is 11.7. The summed E-state index contributed by atoms with van der Waals surface area (Å²) in [6, 6.07) is 0.577. The standard InChI is InChI=1S/C14H23N3O2/c1-3-7-16-12(8-14(18)19-4-2)13-9-15-10-17(13)11-5-6-11/h9-12,16H,3-8H2,1-2H3. The van der Waals surface area contributed by atoms with Crippen molar-refractivity contribution in [1.82, 2.24) is 14.9 Å². The van der Waals surface area contributed by atoms with E-state index in [1.54, 1.807) is 0 Å². The highest BCUT2D eigenvalue weighted by molar-refractivity contribution is 5.70. The van der Waals surface area contributed by atoms with Crippen LogP contribution in [0.2, 0.25) is 0 Å². The van der Waals surface area contributed by atoms with Gasteiger partial charge in [-0.05, 0) is 32.7 Å². The van der Waals surface area contributed by atoms with Crippen LogP contribution in [0.5, 0.6) is 0 Å². The Morgan fingerprint density at radius 1 is 1.58 bits per heavy atom. The number of nitrogens with zero attached hydrogens (tertiary/aromatic N) is 2. The molecule has 106 valence electrons. The monoisotopic (exact) mass is 265 g/mol. The van der Waals surface area contributed by atoms with Crippen LogP contribution in [-0.2, 0) is 9.53 Å². The first-order chi connectivity index (χ1) is 9.26. The van der Waals surface area contributed by atoms with E-state index < -0.39 is 0 Å². The molecule has 1 unspecified atom stereocenters. The number of hydrogen-bond acceptors (Lipinski definition) is 4. The van der Waals surface area contributed by atoms with E-state index >= 15 is 0 Å². The maximum Gasteiger partial charge on any atom is 0.307 e. The molecule has 2 rings (SSSR count). The van der Waals surface area contributed by atoms with Gasteiger partial charge >= 0.3 is 5.97 Å². The highest BCUT2D eigenvalue weighted by Crippen LogP contribution is 2.37. The van der Waals surface area contributed by atoms with E-state index in [4.69, 9.17) is 4.74 Å². The fourth-order valence-electron chi connectivity index (χ4n) is 2.23. The zero-order chi connectivity index (χ0) is 13.7. The summed E-state index contributed by atoms with van der Waals surface area (Å²) in [6.07, 6.45) is 7.57. The Hall–Kier alpha value is -1.36. The van der Waals surface area contributed by atoms with E-state index in [-0.39, 0.29) is 12.0 Å². The molecule has 19 heavy (non-hydrogen) atoms. The molecule has 5 heteroatoms. The van der Waals surface area contributed by atoms with Crippen LogP contribution in [-0.4, -0.2) is 28.7 Å². The van der Waals surface area contributed by atoms with Gasteiger partial charge < -0.3 is 14.6 Å². The number of hydrogen-bond donors (Lipinski definition) is 1. The van der Waals surface area contributed by atoms with Crippen molar-refractivity contribution in [3.63, 3.8) is 0 Å². The number of imidazole rings is 1. The molecule has 5 nitrogen and oxygen atoms in total. The van der Waals surface area contributed by atoms with Gasteiger partial charge in [0, 0.05) is 12.2 Å². The first-order valence-corrected chi connectivity index (χ1v) is 7.17. The molecule has 0 aliphatic heterocycles. The largest absolute Gasteiger partial charge is 0.466 e. The average Bonchev–Trinajstić information content (AvgIpc) is 3.13. The molecule has 0 amide bonds. The van der Waals surface area contributed by atoms with Crippen LogP contribution in [0.1, 0.15) is 57.3 Å². The molecular weight excluding hydrogens is 242 g/mol.